The lowest BCUT2D eigenvalue weighted by Crippen LogP contribution is -2.42. The van der Waals surface area contributed by atoms with E-state index in [1.54, 1.807) is 24.3 Å². The van der Waals surface area contributed by atoms with Gasteiger partial charge >= 0.3 is 0 Å². The number of benzene rings is 1. The maximum Gasteiger partial charge on any atom is 0.254 e. The minimum atomic E-state index is -0.550. The number of nitriles is 1. The van der Waals surface area contributed by atoms with Crippen LogP contribution >= 0.6 is 0 Å². The normalized spacial score (nSPS) is 9.89. The van der Waals surface area contributed by atoms with Gasteiger partial charge in [0.25, 0.3) is 5.91 Å². The van der Waals surface area contributed by atoms with Crippen LogP contribution in [0, 0.1) is 11.3 Å². The Morgan fingerprint density at radius 1 is 1.33 bits per heavy atom. The molecule has 0 aromatic heterocycles. The Labute approximate surface area is 106 Å². The van der Waals surface area contributed by atoms with Gasteiger partial charge in [-0.3, -0.25) is 9.59 Å². The van der Waals surface area contributed by atoms with Crippen molar-refractivity contribution < 1.29 is 9.59 Å². The molecular formula is C13H15N3O2. The van der Waals surface area contributed by atoms with Gasteiger partial charge in [0.2, 0.25) is 5.91 Å². The first-order valence-electron chi connectivity index (χ1n) is 5.55. The van der Waals surface area contributed by atoms with Gasteiger partial charge in [-0.25, -0.2) is 0 Å². The van der Waals surface area contributed by atoms with Crippen molar-refractivity contribution in [2.24, 2.45) is 5.73 Å². The number of carbonyl (C=O) groups excluding carboxylic acids is 2. The first-order valence-corrected chi connectivity index (χ1v) is 5.55. The zero-order valence-corrected chi connectivity index (χ0v) is 10.4. The standard InChI is InChI=1S/C13H15N3O2/c1-9(2)16(8-12(15)17)13(18)11-5-3-10(7-14)4-6-11/h3-6,9H,8H2,1-2H3,(H2,15,17). The van der Waals surface area contributed by atoms with E-state index < -0.39 is 5.91 Å². The summed E-state index contributed by atoms with van der Waals surface area (Å²) < 4.78 is 0. The molecule has 0 bridgehead atoms. The molecule has 0 aliphatic carbocycles. The van der Waals surface area contributed by atoms with E-state index >= 15 is 0 Å². The van der Waals surface area contributed by atoms with E-state index in [0.717, 1.165) is 0 Å². The number of hydrogen-bond donors (Lipinski definition) is 1. The second-order valence-electron chi connectivity index (χ2n) is 4.18. The number of rotatable bonds is 4. The van der Waals surface area contributed by atoms with Gasteiger partial charge in [-0.15, -0.1) is 0 Å². The summed E-state index contributed by atoms with van der Waals surface area (Å²) in [6, 6.07) is 8.12. The molecule has 1 aromatic carbocycles. The number of carbonyl (C=O) groups is 2. The minimum absolute atomic E-state index is 0.115. The molecule has 94 valence electrons. The van der Waals surface area contributed by atoms with Crippen LogP contribution in [-0.2, 0) is 4.79 Å². The maximum atomic E-state index is 12.2. The zero-order valence-electron chi connectivity index (χ0n) is 10.4. The first kappa shape index (κ1) is 13.7. The molecule has 0 atom stereocenters. The van der Waals surface area contributed by atoms with Crippen molar-refractivity contribution in [3.63, 3.8) is 0 Å². The summed E-state index contributed by atoms with van der Waals surface area (Å²) in [7, 11) is 0. The molecule has 0 heterocycles. The van der Waals surface area contributed by atoms with Crippen LogP contribution in [0.15, 0.2) is 24.3 Å². The number of amides is 2. The van der Waals surface area contributed by atoms with Crippen LogP contribution in [0.25, 0.3) is 0 Å². The summed E-state index contributed by atoms with van der Waals surface area (Å²) in [5.74, 6) is -0.820. The highest BCUT2D eigenvalue weighted by Crippen LogP contribution is 2.09. The zero-order chi connectivity index (χ0) is 13.7. The molecule has 0 spiro atoms. The van der Waals surface area contributed by atoms with Crippen LogP contribution in [0.1, 0.15) is 29.8 Å². The monoisotopic (exact) mass is 245 g/mol. The van der Waals surface area contributed by atoms with Crippen molar-refractivity contribution in [2.45, 2.75) is 19.9 Å². The Morgan fingerprint density at radius 2 is 1.89 bits per heavy atom. The summed E-state index contributed by atoms with van der Waals surface area (Å²) in [6.45, 7) is 3.51. The number of nitrogens with two attached hydrogens (primary N) is 1. The molecule has 5 heteroatoms. The van der Waals surface area contributed by atoms with Crippen LogP contribution in [-0.4, -0.2) is 29.3 Å². The van der Waals surface area contributed by atoms with E-state index in [1.165, 1.54) is 4.90 Å². The van der Waals surface area contributed by atoms with E-state index in [-0.39, 0.29) is 18.5 Å². The van der Waals surface area contributed by atoms with Gasteiger partial charge in [-0.05, 0) is 38.1 Å². The van der Waals surface area contributed by atoms with Gasteiger partial charge < -0.3 is 10.6 Å². The Morgan fingerprint density at radius 3 is 2.28 bits per heavy atom. The molecule has 18 heavy (non-hydrogen) atoms. The van der Waals surface area contributed by atoms with Gasteiger partial charge in [0.1, 0.15) is 0 Å². The molecule has 2 amide bonds. The highest BCUT2D eigenvalue weighted by atomic mass is 16.2. The van der Waals surface area contributed by atoms with E-state index in [9.17, 15) is 9.59 Å². The second kappa shape index (κ2) is 5.82. The van der Waals surface area contributed by atoms with Gasteiger partial charge in [-0.1, -0.05) is 0 Å². The predicted octanol–water partition coefficient (Wildman–Crippen LogP) is 0.894. The molecule has 0 saturated carbocycles. The van der Waals surface area contributed by atoms with Gasteiger partial charge in [0.15, 0.2) is 0 Å². The van der Waals surface area contributed by atoms with Crippen molar-refractivity contribution in [1.29, 1.82) is 5.26 Å². The van der Waals surface area contributed by atoms with Crippen molar-refractivity contribution in [3.8, 4) is 6.07 Å². The molecule has 0 aliphatic rings. The molecule has 0 aliphatic heterocycles. The Hall–Kier alpha value is -2.35. The summed E-state index contributed by atoms with van der Waals surface area (Å²) in [4.78, 5) is 24.5. The van der Waals surface area contributed by atoms with Crippen molar-refractivity contribution >= 4 is 11.8 Å². The Bertz CT molecular complexity index is 486. The van der Waals surface area contributed by atoms with E-state index in [1.807, 2.05) is 19.9 Å². The Kier molecular flexibility index (Phi) is 4.44. The van der Waals surface area contributed by atoms with E-state index in [0.29, 0.717) is 11.1 Å². The quantitative estimate of drug-likeness (QED) is 0.854. The molecule has 0 radical (unpaired) electrons. The van der Waals surface area contributed by atoms with Crippen molar-refractivity contribution in [2.75, 3.05) is 6.54 Å². The summed E-state index contributed by atoms with van der Waals surface area (Å²) in [6.07, 6.45) is 0. The topological polar surface area (TPSA) is 87.2 Å². The summed E-state index contributed by atoms with van der Waals surface area (Å²) >= 11 is 0. The lowest BCUT2D eigenvalue weighted by Gasteiger charge is -2.25. The predicted molar refractivity (Wildman–Crippen MR) is 66.5 cm³/mol. The van der Waals surface area contributed by atoms with E-state index in [4.69, 9.17) is 11.0 Å². The fourth-order valence-electron chi connectivity index (χ4n) is 1.51. The first-order chi connectivity index (χ1) is 8.45. The third-order valence-corrected chi connectivity index (χ3v) is 2.47. The molecule has 1 rings (SSSR count). The SMILES string of the molecule is CC(C)N(CC(N)=O)C(=O)c1ccc(C#N)cc1. The third kappa shape index (κ3) is 3.32. The molecule has 5 nitrogen and oxygen atoms in total. The van der Waals surface area contributed by atoms with Crippen LogP contribution in [0.2, 0.25) is 0 Å². The average molecular weight is 245 g/mol. The number of primary amides is 1. The lowest BCUT2D eigenvalue weighted by atomic mass is 10.1. The number of hydrogen-bond acceptors (Lipinski definition) is 3. The smallest absolute Gasteiger partial charge is 0.254 e. The van der Waals surface area contributed by atoms with E-state index in [2.05, 4.69) is 0 Å². The third-order valence-electron chi connectivity index (χ3n) is 2.47. The summed E-state index contributed by atoms with van der Waals surface area (Å²) in [5, 5.41) is 8.68. The van der Waals surface area contributed by atoms with Gasteiger partial charge in [0, 0.05) is 11.6 Å². The van der Waals surface area contributed by atoms with Gasteiger partial charge in [0.05, 0.1) is 18.2 Å². The van der Waals surface area contributed by atoms with Crippen LogP contribution in [0.4, 0.5) is 0 Å². The fraction of sp³-hybridized carbons (Fsp3) is 0.308. The molecule has 0 saturated heterocycles. The van der Waals surface area contributed by atoms with Crippen molar-refractivity contribution in [3.05, 3.63) is 35.4 Å². The van der Waals surface area contributed by atoms with Crippen molar-refractivity contribution in [1.82, 2.24) is 4.90 Å². The second-order valence-corrected chi connectivity index (χ2v) is 4.18. The fourth-order valence-corrected chi connectivity index (χ4v) is 1.51. The minimum Gasteiger partial charge on any atom is -0.368 e. The van der Waals surface area contributed by atoms with Gasteiger partial charge in [-0.2, -0.15) is 5.26 Å². The Balaban J connectivity index is 2.95. The summed E-state index contributed by atoms with van der Waals surface area (Å²) in [5.41, 5.74) is 6.03. The van der Waals surface area contributed by atoms with Crippen LogP contribution in [0.3, 0.4) is 0 Å². The highest BCUT2D eigenvalue weighted by molar-refractivity contribution is 5.96. The van der Waals surface area contributed by atoms with Crippen LogP contribution < -0.4 is 5.73 Å². The highest BCUT2D eigenvalue weighted by Gasteiger charge is 2.20. The molecular weight excluding hydrogens is 230 g/mol. The molecule has 0 fully saturated rings. The lowest BCUT2D eigenvalue weighted by molar-refractivity contribution is -0.119. The molecule has 1 aromatic rings. The average Bonchev–Trinajstić information content (AvgIpc) is 2.34. The number of nitrogens with zero attached hydrogens (tertiary/aromatic N) is 2. The molecule has 0 unspecified atom stereocenters. The maximum absolute atomic E-state index is 12.2. The largest absolute Gasteiger partial charge is 0.368 e. The molecule has 2 N–H and O–H groups in total. The van der Waals surface area contributed by atoms with Crippen LogP contribution in [0.5, 0.6) is 0 Å².